The average Bonchev–Trinajstić information content (AvgIpc) is 2.86. The summed E-state index contributed by atoms with van der Waals surface area (Å²) < 4.78 is 6.89. The van der Waals surface area contributed by atoms with E-state index in [0.717, 1.165) is 11.3 Å². The molecule has 5 nitrogen and oxygen atoms in total. The lowest BCUT2D eigenvalue weighted by atomic mass is 9.98. The van der Waals surface area contributed by atoms with Crippen LogP contribution in [0.1, 0.15) is 52.9 Å². The third-order valence-electron chi connectivity index (χ3n) is 4.01. The van der Waals surface area contributed by atoms with Crippen molar-refractivity contribution < 1.29 is 14.3 Å². The van der Waals surface area contributed by atoms with E-state index in [1.165, 1.54) is 6.92 Å². The topological polar surface area (TPSA) is 72.1 Å². The second-order valence-electron chi connectivity index (χ2n) is 5.42. The minimum Gasteiger partial charge on any atom is -0.461 e. The Morgan fingerprint density at radius 1 is 1.21 bits per heavy atom. The van der Waals surface area contributed by atoms with Crippen LogP contribution in [-0.2, 0) is 18.2 Å². The van der Waals surface area contributed by atoms with Crippen molar-refractivity contribution in [2.75, 3.05) is 6.61 Å². The highest BCUT2D eigenvalue weighted by atomic mass is 16.5. The standard InChI is InChI=1S/C19H20N2O3/c1-5-16-15(11-20)17(18(21(16)4)19(23)24-6-2)14-9-7-13(8-10-14)12(3)22/h7-10H,5-6H2,1-4H3. The van der Waals surface area contributed by atoms with Gasteiger partial charge < -0.3 is 9.30 Å². The number of ether oxygens (including phenoxy) is 1. The highest BCUT2D eigenvalue weighted by molar-refractivity contribution is 5.99. The molecular weight excluding hydrogens is 304 g/mol. The molecule has 5 heteroatoms. The van der Waals surface area contributed by atoms with E-state index in [1.54, 1.807) is 42.8 Å². The van der Waals surface area contributed by atoms with E-state index in [-0.39, 0.29) is 12.4 Å². The van der Waals surface area contributed by atoms with E-state index in [1.807, 2.05) is 6.92 Å². The van der Waals surface area contributed by atoms with E-state index in [0.29, 0.717) is 28.8 Å². The molecule has 0 bridgehead atoms. The summed E-state index contributed by atoms with van der Waals surface area (Å²) in [4.78, 5) is 23.9. The van der Waals surface area contributed by atoms with Crippen molar-refractivity contribution in [2.45, 2.75) is 27.2 Å². The molecule has 0 amide bonds. The molecule has 0 saturated carbocycles. The molecule has 0 spiro atoms. The van der Waals surface area contributed by atoms with Crippen LogP contribution in [0, 0.1) is 11.3 Å². The molecule has 1 aromatic heterocycles. The van der Waals surface area contributed by atoms with Crippen LogP contribution in [-0.4, -0.2) is 22.9 Å². The lowest BCUT2D eigenvalue weighted by Crippen LogP contribution is -2.12. The van der Waals surface area contributed by atoms with Gasteiger partial charge in [0.2, 0.25) is 0 Å². The highest BCUT2D eigenvalue weighted by Crippen LogP contribution is 2.33. The van der Waals surface area contributed by atoms with Crippen LogP contribution in [0.2, 0.25) is 0 Å². The summed E-state index contributed by atoms with van der Waals surface area (Å²) >= 11 is 0. The quantitative estimate of drug-likeness (QED) is 0.623. The lowest BCUT2D eigenvalue weighted by Gasteiger charge is -2.08. The summed E-state index contributed by atoms with van der Waals surface area (Å²) in [6.07, 6.45) is 0.622. The summed E-state index contributed by atoms with van der Waals surface area (Å²) in [6.45, 7) is 5.44. The van der Waals surface area contributed by atoms with Gasteiger partial charge >= 0.3 is 5.97 Å². The van der Waals surface area contributed by atoms with E-state index in [9.17, 15) is 14.9 Å². The molecule has 1 heterocycles. The molecule has 0 radical (unpaired) electrons. The SMILES string of the molecule is CCOC(=O)c1c(-c2ccc(C(C)=O)cc2)c(C#N)c(CC)n1C. The Labute approximate surface area is 141 Å². The minimum atomic E-state index is -0.457. The maximum Gasteiger partial charge on any atom is 0.355 e. The molecule has 0 aliphatic rings. The summed E-state index contributed by atoms with van der Waals surface area (Å²) in [6, 6.07) is 9.13. The largest absolute Gasteiger partial charge is 0.461 e. The summed E-state index contributed by atoms with van der Waals surface area (Å²) in [5.74, 6) is -0.489. The number of carbonyl (C=O) groups is 2. The first-order valence-corrected chi connectivity index (χ1v) is 7.86. The van der Waals surface area contributed by atoms with Gasteiger partial charge in [0.15, 0.2) is 5.78 Å². The predicted octanol–water partition coefficient (Wildman–Crippen LogP) is 3.51. The van der Waals surface area contributed by atoms with Crippen LogP contribution in [0.3, 0.4) is 0 Å². The van der Waals surface area contributed by atoms with E-state index < -0.39 is 5.97 Å². The smallest absolute Gasteiger partial charge is 0.355 e. The Hall–Kier alpha value is -2.87. The van der Waals surface area contributed by atoms with Gasteiger partial charge in [0.1, 0.15) is 11.8 Å². The second-order valence-corrected chi connectivity index (χ2v) is 5.42. The lowest BCUT2D eigenvalue weighted by molar-refractivity contribution is 0.0516. The van der Waals surface area contributed by atoms with Gasteiger partial charge in [-0.15, -0.1) is 0 Å². The molecule has 124 valence electrons. The van der Waals surface area contributed by atoms with Gasteiger partial charge in [-0.05, 0) is 25.8 Å². The van der Waals surface area contributed by atoms with Crippen LogP contribution in [0.25, 0.3) is 11.1 Å². The average molecular weight is 324 g/mol. The minimum absolute atomic E-state index is 0.0324. The third-order valence-corrected chi connectivity index (χ3v) is 4.01. The van der Waals surface area contributed by atoms with Gasteiger partial charge in [-0.1, -0.05) is 31.2 Å². The molecule has 24 heavy (non-hydrogen) atoms. The molecule has 0 aliphatic carbocycles. The summed E-state index contributed by atoms with van der Waals surface area (Å²) in [5.41, 5.74) is 3.48. The molecule has 2 aromatic rings. The van der Waals surface area contributed by atoms with Crippen molar-refractivity contribution in [1.29, 1.82) is 5.26 Å². The Bertz CT molecular complexity index is 824. The molecular formula is C19H20N2O3. The molecule has 0 saturated heterocycles. The number of nitriles is 1. The Balaban J connectivity index is 2.73. The van der Waals surface area contributed by atoms with Gasteiger partial charge in [-0.25, -0.2) is 4.79 Å². The molecule has 1 aromatic carbocycles. The maximum absolute atomic E-state index is 12.4. The molecule has 0 atom stereocenters. The number of hydrogen-bond donors (Lipinski definition) is 0. The van der Waals surface area contributed by atoms with Crippen molar-refractivity contribution in [3.63, 3.8) is 0 Å². The van der Waals surface area contributed by atoms with E-state index in [2.05, 4.69) is 6.07 Å². The fourth-order valence-corrected chi connectivity index (χ4v) is 2.86. The number of carbonyl (C=O) groups excluding carboxylic acids is 2. The van der Waals surface area contributed by atoms with Crippen molar-refractivity contribution >= 4 is 11.8 Å². The normalized spacial score (nSPS) is 10.3. The zero-order valence-electron chi connectivity index (χ0n) is 14.3. The number of esters is 1. The van der Waals surface area contributed by atoms with E-state index >= 15 is 0 Å². The first kappa shape index (κ1) is 17.5. The van der Waals surface area contributed by atoms with Gasteiger partial charge in [0.05, 0.1) is 12.2 Å². The van der Waals surface area contributed by atoms with Crippen molar-refractivity contribution in [1.82, 2.24) is 4.57 Å². The number of Topliss-reactive ketones (excluding diaryl/α,β-unsaturated/α-hetero) is 1. The fraction of sp³-hybridized carbons (Fsp3) is 0.316. The fourth-order valence-electron chi connectivity index (χ4n) is 2.86. The number of aromatic nitrogens is 1. The van der Waals surface area contributed by atoms with Crippen molar-refractivity contribution in [3.05, 3.63) is 46.8 Å². The van der Waals surface area contributed by atoms with Crippen LogP contribution in [0.5, 0.6) is 0 Å². The number of benzene rings is 1. The van der Waals surface area contributed by atoms with Crippen LogP contribution >= 0.6 is 0 Å². The second kappa shape index (κ2) is 7.14. The first-order valence-electron chi connectivity index (χ1n) is 7.86. The van der Waals surface area contributed by atoms with Crippen LogP contribution in [0.4, 0.5) is 0 Å². The Morgan fingerprint density at radius 2 is 1.83 bits per heavy atom. The van der Waals surface area contributed by atoms with Gasteiger partial charge in [-0.2, -0.15) is 5.26 Å². The van der Waals surface area contributed by atoms with Gasteiger partial charge in [-0.3, -0.25) is 4.79 Å². The molecule has 0 aliphatic heterocycles. The maximum atomic E-state index is 12.4. The van der Waals surface area contributed by atoms with Crippen LogP contribution < -0.4 is 0 Å². The number of rotatable bonds is 5. The number of nitrogens with zero attached hydrogens (tertiary/aromatic N) is 2. The first-order chi connectivity index (χ1) is 11.5. The zero-order chi connectivity index (χ0) is 17.9. The van der Waals surface area contributed by atoms with Gasteiger partial charge in [0, 0.05) is 23.9 Å². The van der Waals surface area contributed by atoms with Crippen LogP contribution in [0.15, 0.2) is 24.3 Å². The van der Waals surface area contributed by atoms with Crippen molar-refractivity contribution in [3.8, 4) is 17.2 Å². The number of ketones is 1. The number of hydrogen-bond acceptors (Lipinski definition) is 4. The predicted molar refractivity (Wildman–Crippen MR) is 90.9 cm³/mol. The Morgan fingerprint density at radius 3 is 2.29 bits per heavy atom. The third kappa shape index (κ3) is 2.95. The monoisotopic (exact) mass is 324 g/mol. The van der Waals surface area contributed by atoms with Crippen molar-refractivity contribution in [2.24, 2.45) is 7.05 Å². The van der Waals surface area contributed by atoms with Gasteiger partial charge in [0.25, 0.3) is 0 Å². The summed E-state index contributed by atoms with van der Waals surface area (Å²) in [5, 5.41) is 9.61. The highest BCUT2D eigenvalue weighted by Gasteiger charge is 2.26. The molecule has 0 N–H and O–H groups in total. The summed E-state index contributed by atoms with van der Waals surface area (Å²) in [7, 11) is 1.76. The van der Waals surface area contributed by atoms with E-state index in [4.69, 9.17) is 4.74 Å². The molecule has 0 unspecified atom stereocenters. The molecule has 2 rings (SSSR count). The Kier molecular flexibility index (Phi) is 5.20. The molecule has 0 fully saturated rings. The zero-order valence-corrected chi connectivity index (χ0v) is 14.3.